The van der Waals surface area contributed by atoms with Crippen molar-refractivity contribution in [2.75, 3.05) is 7.05 Å². The van der Waals surface area contributed by atoms with Gasteiger partial charge in [-0.3, -0.25) is 4.79 Å². The quantitative estimate of drug-likeness (QED) is 0.522. The summed E-state index contributed by atoms with van der Waals surface area (Å²) >= 11 is 12.2. The molecule has 3 aromatic rings. The van der Waals surface area contributed by atoms with E-state index in [1.807, 2.05) is 85.9 Å². The molecule has 0 saturated carbocycles. The maximum absolute atomic E-state index is 13.2. The molecule has 0 radical (unpaired) electrons. The Morgan fingerprint density at radius 2 is 1.38 bits per heavy atom. The Morgan fingerprint density at radius 3 is 1.97 bits per heavy atom. The molecule has 0 spiro atoms. The van der Waals surface area contributed by atoms with E-state index in [9.17, 15) is 4.79 Å². The van der Waals surface area contributed by atoms with Gasteiger partial charge in [-0.2, -0.15) is 0 Å². The van der Waals surface area contributed by atoms with Gasteiger partial charge in [0, 0.05) is 23.5 Å². The lowest BCUT2D eigenvalue weighted by Crippen LogP contribution is -2.49. The Morgan fingerprint density at radius 1 is 0.828 bits per heavy atom. The fraction of sp³-hybridized carbons (Fsp3) is 0.208. The van der Waals surface area contributed by atoms with Gasteiger partial charge in [0.25, 0.3) is 5.91 Å². The molecule has 3 atom stereocenters. The Hall–Kier alpha value is -2.33. The van der Waals surface area contributed by atoms with Gasteiger partial charge in [-0.15, -0.1) is 0 Å². The van der Waals surface area contributed by atoms with E-state index < -0.39 is 6.10 Å². The molecule has 1 aliphatic rings. The molecule has 1 aliphatic heterocycles. The van der Waals surface area contributed by atoms with E-state index in [4.69, 9.17) is 27.9 Å². The van der Waals surface area contributed by atoms with Crippen LogP contribution < -0.4 is 0 Å². The average molecular weight is 426 g/mol. The third kappa shape index (κ3) is 4.32. The van der Waals surface area contributed by atoms with Gasteiger partial charge in [-0.05, 0) is 41.0 Å². The number of likely N-dealkylation sites (N-methyl/N-ethyl adjacent to an activating group) is 1. The predicted molar refractivity (Wildman–Crippen MR) is 116 cm³/mol. The van der Waals surface area contributed by atoms with Crippen LogP contribution in [0.2, 0.25) is 10.0 Å². The smallest absolute Gasteiger partial charge is 0.252 e. The first-order valence-corrected chi connectivity index (χ1v) is 10.3. The largest absolute Gasteiger partial charge is 0.358 e. The average Bonchev–Trinajstić information content (AvgIpc) is 2.74. The predicted octanol–water partition coefficient (Wildman–Crippen LogP) is 5.88. The van der Waals surface area contributed by atoms with E-state index in [1.54, 1.807) is 4.90 Å². The minimum absolute atomic E-state index is 0.0287. The summed E-state index contributed by atoms with van der Waals surface area (Å²) in [6, 6.07) is 24.9. The molecule has 0 bridgehead atoms. The summed E-state index contributed by atoms with van der Waals surface area (Å²) in [7, 11) is 1.84. The van der Waals surface area contributed by atoms with E-state index in [0.29, 0.717) is 16.5 Å². The zero-order valence-electron chi connectivity index (χ0n) is 16.0. The van der Waals surface area contributed by atoms with Crippen molar-refractivity contribution in [3.8, 4) is 0 Å². The second kappa shape index (κ2) is 8.58. The first kappa shape index (κ1) is 20.0. The number of rotatable bonds is 4. The highest BCUT2D eigenvalue weighted by Gasteiger charge is 2.42. The van der Waals surface area contributed by atoms with Crippen LogP contribution in [-0.2, 0) is 16.0 Å². The van der Waals surface area contributed by atoms with Crippen LogP contribution in [0.3, 0.4) is 0 Å². The molecular weight excluding hydrogens is 405 g/mol. The number of nitrogens with zero attached hydrogens (tertiary/aromatic N) is 1. The molecule has 0 N–H and O–H groups in total. The van der Waals surface area contributed by atoms with Crippen LogP contribution in [0.15, 0.2) is 78.9 Å². The Labute approximate surface area is 180 Å². The van der Waals surface area contributed by atoms with Crippen LogP contribution >= 0.6 is 23.2 Å². The second-order valence-electron chi connectivity index (χ2n) is 7.23. The van der Waals surface area contributed by atoms with Gasteiger partial charge >= 0.3 is 0 Å². The first-order valence-electron chi connectivity index (χ1n) is 9.50. The zero-order valence-corrected chi connectivity index (χ0v) is 17.5. The number of hydrogen-bond acceptors (Lipinski definition) is 2. The van der Waals surface area contributed by atoms with Gasteiger partial charge in [0.05, 0.1) is 6.04 Å². The van der Waals surface area contributed by atoms with Gasteiger partial charge < -0.3 is 9.64 Å². The number of ether oxygens (including phenoxy) is 1. The lowest BCUT2D eigenvalue weighted by atomic mass is 9.91. The van der Waals surface area contributed by atoms with Crippen LogP contribution in [-0.4, -0.2) is 24.0 Å². The van der Waals surface area contributed by atoms with Crippen LogP contribution in [0.25, 0.3) is 0 Å². The summed E-state index contributed by atoms with van der Waals surface area (Å²) in [4.78, 5) is 15.0. The highest BCUT2D eigenvalue weighted by Crippen LogP contribution is 2.42. The maximum Gasteiger partial charge on any atom is 0.252 e. The van der Waals surface area contributed by atoms with E-state index >= 15 is 0 Å². The van der Waals surface area contributed by atoms with Crippen molar-refractivity contribution in [3.63, 3.8) is 0 Å². The number of benzene rings is 3. The third-order valence-electron chi connectivity index (χ3n) is 5.31. The van der Waals surface area contributed by atoms with E-state index in [-0.39, 0.29) is 18.1 Å². The fourth-order valence-corrected chi connectivity index (χ4v) is 4.06. The maximum atomic E-state index is 13.2. The summed E-state index contributed by atoms with van der Waals surface area (Å²) in [5.41, 5.74) is 3.02. The molecule has 0 unspecified atom stereocenters. The Balaban J connectivity index is 1.71. The van der Waals surface area contributed by atoms with Crippen molar-refractivity contribution in [3.05, 3.63) is 106 Å². The van der Waals surface area contributed by atoms with Crippen molar-refractivity contribution in [1.29, 1.82) is 0 Å². The topological polar surface area (TPSA) is 29.5 Å². The monoisotopic (exact) mass is 425 g/mol. The van der Waals surface area contributed by atoms with Gasteiger partial charge in [0.2, 0.25) is 0 Å². The summed E-state index contributed by atoms with van der Waals surface area (Å²) < 4.78 is 6.43. The van der Waals surface area contributed by atoms with Crippen LogP contribution in [0.5, 0.6) is 0 Å². The molecule has 5 heteroatoms. The first-order chi connectivity index (χ1) is 14.0. The molecular formula is C24H21Cl2NO2. The Kier molecular flexibility index (Phi) is 5.91. The van der Waals surface area contributed by atoms with Gasteiger partial charge in [-0.1, -0.05) is 77.8 Å². The zero-order chi connectivity index (χ0) is 20.4. The van der Waals surface area contributed by atoms with Crippen molar-refractivity contribution < 1.29 is 9.53 Å². The molecule has 3 nitrogen and oxygen atoms in total. The molecule has 1 saturated heterocycles. The fourth-order valence-electron chi connectivity index (χ4n) is 3.81. The van der Waals surface area contributed by atoms with E-state index in [0.717, 1.165) is 16.7 Å². The van der Waals surface area contributed by atoms with E-state index in [1.165, 1.54) is 0 Å². The number of amides is 1. The number of morpholine rings is 1. The van der Waals surface area contributed by atoms with Gasteiger partial charge in [0.1, 0.15) is 12.2 Å². The van der Waals surface area contributed by atoms with Gasteiger partial charge in [0.15, 0.2) is 0 Å². The molecule has 3 aromatic carbocycles. The lowest BCUT2D eigenvalue weighted by Gasteiger charge is -2.43. The number of carbonyl (C=O) groups excluding carboxylic acids is 1. The van der Waals surface area contributed by atoms with Crippen molar-refractivity contribution in [2.24, 2.45) is 0 Å². The summed E-state index contributed by atoms with van der Waals surface area (Å²) in [6.45, 7) is 0. The molecule has 1 heterocycles. The number of hydrogen-bond donors (Lipinski definition) is 0. The SMILES string of the molecule is CN1C(=O)[C@H](Cc2ccccc2)O[C@@H](c2ccc(Cl)cc2)[C@H]1c1ccc(Cl)cc1. The molecule has 29 heavy (non-hydrogen) atoms. The van der Waals surface area contributed by atoms with Crippen LogP contribution in [0.4, 0.5) is 0 Å². The second-order valence-corrected chi connectivity index (χ2v) is 8.11. The van der Waals surface area contributed by atoms with E-state index in [2.05, 4.69) is 0 Å². The van der Waals surface area contributed by atoms with Crippen molar-refractivity contribution >= 4 is 29.1 Å². The Bertz CT molecular complexity index is 974. The standard InChI is InChI=1S/C24H21Cl2NO2/c1-27-22(17-7-11-19(25)12-8-17)23(18-9-13-20(26)14-10-18)29-21(24(27)28)15-16-5-3-2-4-6-16/h2-14,21-23H,15H2,1H3/t21-,22+,23-/m0/s1. The molecule has 1 amide bonds. The minimum atomic E-state index is -0.549. The normalized spacial score (nSPS) is 22.0. The number of carbonyl (C=O) groups is 1. The van der Waals surface area contributed by atoms with Crippen molar-refractivity contribution in [2.45, 2.75) is 24.7 Å². The third-order valence-corrected chi connectivity index (χ3v) is 5.82. The molecule has 4 rings (SSSR count). The molecule has 0 aromatic heterocycles. The highest BCUT2D eigenvalue weighted by atomic mass is 35.5. The summed E-state index contributed by atoms with van der Waals surface area (Å²) in [6.07, 6.45) is -0.335. The van der Waals surface area contributed by atoms with Gasteiger partial charge in [-0.25, -0.2) is 0 Å². The number of halogens is 2. The highest BCUT2D eigenvalue weighted by molar-refractivity contribution is 6.30. The van der Waals surface area contributed by atoms with Crippen LogP contribution in [0, 0.1) is 0 Å². The summed E-state index contributed by atoms with van der Waals surface area (Å²) in [5, 5.41) is 1.32. The molecule has 1 fully saturated rings. The molecule has 0 aliphatic carbocycles. The lowest BCUT2D eigenvalue weighted by molar-refractivity contribution is -0.171. The van der Waals surface area contributed by atoms with Crippen LogP contribution in [0.1, 0.15) is 28.8 Å². The minimum Gasteiger partial charge on any atom is -0.358 e. The summed E-state index contributed by atoms with van der Waals surface area (Å²) in [5.74, 6) is -0.0287. The molecule has 148 valence electrons. The van der Waals surface area contributed by atoms with Crippen molar-refractivity contribution in [1.82, 2.24) is 4.90 Å².